The molecule has 0 spiro atoms. The highest BCUT2D eigenvalue weighted by atomic mass is 35.5. The zero-order valence-electron chi connectivity index (χ0n) is 11.8. The van der Waals surface area contributed by atoms with Crippen molar-refractivity contribution in [2.75, 3.05) is 6.61 Å². The maximum Gasteiger partial charge on any atom is 0.422 e. The van der Waals surface area contributed by atoms with E-state index in [4.69, 9.17) is 16.7 Å². The molecule has 0 aliphatic heterocycles. The maximum absolute atomic E-state index is 12.1. The van der Waals surface area contributed by atoms with Gasteiger partial charge in [-0.15, -0.1) is 0 Å². The molecule has 0 saturated heterocycles. The van der Waals surface area contributed by atoms with E-state index in [0.717, 1.165) is 0 Å². The highest BCUT2D eigenvalue weighted by Crippen LogP contribution is 2.18. The van der Waals surface area contributed by atoms with Gasteiger partial charge in [0, 0.05) is 6.42 Å². The first kappa shape index (κ1) is 18.4. The highest BCUT2D eigenvalue weighted by molar-refractivity contribution is 7.89. The molecule has 1 heterocycles. The van der Waals surface area contributed by atoms with Gasteiger partial charge in [0.1, 0.15) is 5.82 Å². The summed E-state index contributed by atoms with van der Waals surface area (Å²) >= 11 is 5.63. The van der Waals surface area contributed by atoms with Crippen LogP contribution in [0.25, 0.3) is 0 Å². The molecule has 0 radical (unpaired) electrons. The molecule has 0 atom stereocenters. The van der Waals surface area contributed by atoms with E-state index < -0.39 is 28.8 Å². The molecule has 7 nitrogen and oxygen atoms in total. The van der Waals surface area contributed by atoms with Gasteiger partial charge in [0.25, 0.3) is 0 Å². The molecule has 130 valence electrons. The SMILES string of the molecule is NS(=O)(=O)c1ccc(Cc2nc(Cl)nc(OCC(F)(F)F)n2)cc1. The number of ether oxygens (including phenoxy) is 1. The van der Waals surface area contributed by atoms with Crippen molar-refractivity contribution in [2.45, 2.75) is 17.5 Å². The molecule has 2 N–H and O–H groups in total. The van der Waals surface area contributed by atoms with Crippen molar-refractivity contribution < 1.29 is 26.3 Å². The van der Waals surface area contributed by atoms with Gasteiger partial charge in [0.2, 0.25) is 15.3 Å². The van der Waals surface area contributed by atoms with Crippen LogP contribution >= 0.6 is 11.6 Å². The van der Waals surface area contributed by atoms with E-state index >= 15 is 0 Å². The summed E-state index contributed by atoms with van der Waals surface area (Å²) in [6.45, 7) is -1.56. The Morgan fingerprint density at radius 2 is 1.75 bits per heavy atom. The molecular weight excluding hydrogens is 373 g/mol. The van der Waals surface area contributed by atoms with Gasteiger partial charge in [-0.2, -0.15) is 23.1 Å². The zero-order valence-corrected chi connectivity index (χ0v) is 13.4. The lowest BCUT2D eigenvalue weighted by atomic mass is 10.1. The molecular formula is C12H10ClF3N4O3S. The Hall–Kier alpha value is -1.98. The molecule has 2 aromatic rings. The minimum absolute atomic E-state index is 0.0653. The number of nitrogens with two attached hydrogens (primary N) is 1. The summed E-state index contributed by atoms with van der Waals surface area (Å²) < 4.78 is 63.2. The monoisotopic (exact) mass is 382 g/mol. The fourth-order valence-electron chi connectivity index (χ4n) is 1.64. The zero-order chi connectivity index (χ0) is 18.0. The van der Waals surface area contributed by atoms with Crippen LogP contribution in [0.4, 0.5) is 13.2 Å². The molecule has 0 amide bonds. The van der Waals surface area contributed by atoms with Gasteiger partial charge in [-0.05, 0) is 29.3 Å². The van der Waals surface area contributed by atoms with Gasteiger partial charge in [-0.1, -0.05) is 12.1 Å². The third-order valence-electron chi connectivity index (χ3n) is 2.61. The molecule has 0 bridgehead atoms. The predicted octanol–water partition coefficient (Wildman–Crippen LogP) is 1.70. The lowest BCUT2D eigenvalue weighted by Gasteiger charge is -2.08. The summed E-state index contributed by atoms with van der Waals surface area (Å²) in [5.41, 5.74) is 0.589. The van der Waals surface area contributed by atoms with E-state index in [1.54, 1.807) is 0 Å². The molecule has 1 aromatic carbocycles. The van der Waals surface area contributed by atoms with E-state index in [2.05, 4.69) is 19.7 Å². The van der Waals surface area contributed by atoms with Crippen LogP contribution in [-0.2, 0) is 16.4 Å². The first-order valence-corrected chi connectivity index (χ1v) is 8.17. The number of halogens is 4. The molecule has 0 fully saturated rings. The molecule has 0 saturated carbocycles. The summed E-state index contributed by atoms with van der Waals surface area (Å²) in [7, 11) is -3.82. The summed E-state index contributed by atoms with van der Waals surface area (Å²) in [6.07, 6.45) is -4.46. The van der Waals surface area contributed by atoms with Gasteiger partial charge in [-0.25, -0.2) is 18.5 Å². The first-order chi connectivity index (χ1) is 11.0. The lowest BCUT2D eigenvalue weighted by Crippen LogP contribution is -2.20. The van der Waals surface area contributed by atoms with Gasteiger partial charge in [-0.3, -0.25) is 0 Å². The maximum atomic E-state index is 12.1. The Kier molecular flexibility index (Phi) is 5.26. The molecule has 0 aliphatic rings. The van der Waals surface area contributed by atoms with Crippen molar-refractivity contribution in [1.82, 2.24) is 15.0 Å². The van der Waals surface area contributed by atoms with Crippen LogP contribution in [0.15, 0.2) is 29.2 Å². The normalized spacial score (nSPS) is 12.2. The minimum atomic E-state index is -4.54. The van der Waals surface area contributed by atoms with E-state index in [1.165, 1.54) is 24.3 Å². The smallest absolute Gasteiger partial charge is 0.422 e. The standard InChI is InChI=1S/C12H10ClF3N4O3S/c13-10-18-9(19-11(20-10)23-6-12(14,15)16)5-7-1-3-8(4-2-7)24(17,21)22/h1-4H,5-6H2,(H2,17,21,22). The van der Waals surface area contributed by atoms with Crippen molar-refractivity contribution in [3.63, 3.8) is 0 Å². The van der Waals surface area contributed by atoms with Crippen LogP contribution in [0.2, 0.25) is 5.28 Å². The second-order valence-electron chi connectivity index (χ2n) is 4.57. The first-order valence-electron chi connectivity index (χ1n) is 6.25. The Morgan fingerprint density at radius 3 is 2.29 bits per heavy atom. The highest BCUT2D eigenvalue weighted by Gasteiger charge is 2.29. The van der Waals surface area contributed by atoms with Gasteiger partial charge in [0.15, 0.2) is 6.61 Å². The van der Waals surface area contributed by atoms with E-state index in [1.807, 2.05) is 0 Å². The average Bonchev–Trinajstić information content (AvgIpc) is 2.43. The number of sulfonamides is 1. The van der Waals surface area contributed by atoms with Crippen molar-refractivity contribution >= 4 is 21.6 Å². The quantitative estimate of drug-likeness (QED) is 0.843. The van der Waals surface area contributed by atoms with Gasteiger partial charge in [0.05, 0.1) is 4.90 Å². The topological polar surface area (TPSA) is 108 Å². The lowest BCUT2D eigenvalue weighted by molar-refractivity contribution is -0.154. The van der Waals surface area contributed by atoms with Crippen molar-refractivity contribution in [1.29, 1.82) is 0 Å². The summed E-state index contributed by atoms with van der Waals surface area (Å²) in [5, 5.41) is 4.66. The fraction of sp³-hybridized carbons (Fsp3) is 0.250. The fourth-order valence-corrected chi connectivity index (χ4v) is 2.33. The number of nitrogens with zero attached hydrogens (tertiary/aromatic N) is 3. The number of hydrogen-bond donors (Lipinski definition) is 1. The third-order valence-corrected chi connectivity index (χ3v) is 3.71. The summed E-state index contributed by atoms with van der Waals surface area (Å²) in [4.78, 5) is 10.9. The number of rotatable bonds is 5. The van der Waals surface area contributed by atoms with Crippen molar-refractivity contribution in [3.8, 4) is 6.01 Å². The van der Waals surface area contributed by atoms with E-state index in [9.17, 15) is 21.6 Å². The number of primary sulfonamides is 1. The third kappa shape index (κ3) is 5.58. The second-order valence-corrected chi connectivity index (χ2v) is 6.47. The van der Waals surface area contributed by atoms with Crippen LogP contribution in [-0.4, -0.2) is 36.2 Å². The molecule has 24 heavy (non-hydrogen) atoms. The average molecular weight is 383 g/mol. The predicted molar refractivity (Wildman–Crippen MR) is 77.0 cm³/mol. The number of benzene rings is 1. The summed E-state index contributed by atoms with van der Waals surface area (Å²) in [5.74, 6) is 0.0653. The van der Waals surface area contributed by atoms with Crippen LogP contribution < -0.4 is 9.88 Å². The van der Waals surface area contributed by atoms with Crippen LogP contribution in [0.3, 0.4) is 0 Å². The molecule has 0 aliphatic carbocycles. The van der Waals surface area contributed by atoms with Crippen LogP contribution in [0.1, 0.15) is 11.4 Å². The van der Waals surface area contributed by atoms with Crippen LogP contribution in [0.5, 0.6) is 6.01 Å². The van der Waals surface area contributed by atoms with E-state index in [0.29, 0.717) is 5.56 Å². The summed E-state index contributed by atoms with van der Waals surface area (Å²) in [6, 6.07) is 4.95. The van der Waals surface area contributed by atoms with Crippen molar-refractivity contribution in [2.24, 2.45) is 5.14 Å². The number of aromatic nitrogens is 3. The Bertz CT molecular complexity index is 828. The Labute approximate surface area is 139 Å². The molecule has 1 aromatic heterocycles. The molecule has 12 heteroatoms. The Morgan fingerprint density at radius 1 is 1.12 bits per heavy atom. The second kappa shape index (κ2) is 6.87. The number of alkyl halides is 3. The molecule has 2 rings (SSSR count). The largest absolute Gasteiger partial charge is 0.454 e. The van der Waals surface area contributed by atoms with Gasteiger partial charge < -0.3 is 4.74 Å². The molecule has 0 unspecified atom stereocenters. The number of hydrogen-bond acceptors (Lipinski definition) is 6. The minimum Gasteiger partial charge on any atom is -0.454 e. The van der Waals surface area contributed by atoms with Gasteiger partial charge >= 0.3 is 12.2 Å². The van der Waals surface area contributed by atoms with Crippen LogP contribution in [0, 0.1) is 0 Å². The Balaban J connectivity index is 2.16. The van der Waals surface area contributed by atoms with Crippen molar-refractivity contribution in [3.05, 3.63) is 40.9 Å². The van der Waals surface area contributed by atoms with E-state index in [-0.39, 0.29) is 22.4 Å².